The van der Waals surface area contributed by atoms with Gasteiger partial charge in [-0.05, 0) is 12.5 Å². The van der Waals surface area contributed by atoms with E-state index in [-0.39, 0.29) is 13.0 Å². The van der Waals surface area contributed by atoms with Crippen molar-refractivity contribution in [3.05, 3.63) is 28.4 Å². The van der Waals surface area contributed by atoms with Crippen LogP contribution in [0.3, 0.4) is 0 Å². The Morgan fingerprint density at radius 3 is 3.13 bits per heavy atom. The minimum absolute atomic E-state index is 0.0508. The van der Waals surface area contributed by atoms with Crippen LogP contribution in [0, 0.1) is 6.92 Å². The number of carbonyl (C=O) groups is 1. The highest BCUT2D eigenvalue weighted by molar-refractivity contribution is 5.68. The molecule has 15 heavy (non-hydrogen) atoms. The van der Waals surface area contributed by atoms with Gasteiger partial charge in [-0.1, -0.05) is 5.59 Å². The number of aromatic nitrogens is 2. The van der Waals surface area contributed by atoms with Gasteiger partial charge in [0, 0.05) is 18.9 Å². The van der Waals surface area contributed by atoms with Gasteiger partial charge in [-0.3, -0.25) is 9.36 Å². The second-order valence-corrected chi connectivity index (χ2v) is 2.95. The van der Waals surface area contributed by atoms with Crippen LogP contribution in [0.25, 0.3) is 0 Å². The van der Waals surface area contributed by atoms with Gasteiger partial charge in [0.2, 0.25) is 0 Å². The third-order valence-electron chi connectivity index (χ3n) is 1.71. The van der Waals surface area contributed by atoms with E-state index in [1.165, 1.54) is 10.8 Å². The number of hydrogen-bond acceptors (Lipinski definition) is 6. The van der Waals surface area contributed by atoms with Crippen molar-refractivity contribution in [2.24, 2.45) is 5.84 Å². The van der Waals surface area contributed by atoms with E-state index in [4.69, 9.17) is 5.84 Å². The topological polar surface area (TPSA) is 99.2 Å². The Morgan fingerprint density at radius 2 is 2.47 bits per heavy atom. The Balaban J connectivity index is 2.61. The van der Waals surface area contributed by atoms with Crippen LogP contribution < -0.4 is 17.1 Å². The Hall–Kier alpha value is -1.73. The van der Waals surface area contributed by atoms with Gasteiger partial charge >= 0.3 is 11.7 Å². The number of aryl methyl sites for hydroxylation is 2. The van der Waals surface area contributed by atoms with Gasteiger partial charge in [0.25, 0.3) is 0 Å². The zero-order valence-electron chi connectivity index (χ0n) is 8.27. The van der Waals surface area contributed by atoms with Gasteiger partial charge in [0.05, 0.1) is 6.42 Å². The molecule has 0 fully saturated rings. The first kappa shape index (κ1) is 11.3. The van der Waals surface area contributed by atoms with Crippen molar-refractivity contribution in [3.8, 4) is 0 Å². The molecule has 7 heteroatoms. The van der Waals surface area contributed by atoms with Crippen molar-refractivity contribution < 1.29 is 9.63 Å². The summed E-state index contributed by atoms with van der Waals surface area (Å²) in [6.07, 6.45) is 3.15. The first-order valence-electron chi connectivity index (χ1n) is 4.32. The summed E-state index contributed by atoms with van der Waals surface area (Å²) in [7, 11) is 0. The molecule has 0 spiro atoms. The van der Waals surface area contributed by atoms with Gasteiger partial charge in [-0.15, -0.1) is 0 Å². The fourth-order valence-corrected chi connectivity index (χ4v) is 1.05. The predicted octanol–water partition coefficient (Wildman–Crippen LogP) is -1.14. The average molecular weight is 212 g/mol. The summed E-state index contributed by atoms with van der Waals surface area (Å²) in [5.74, 6) is 4.24. The van der Waals surface area contributed by atoms with E-state index in [2.05, 4.69) is 9.82 Å². The SMILES string of the molecule is Cc1cnc(=O)n(CCC(=O)ONN)c1. The second-order valence-electron chi connectivity index (χ2n) is 2.95. The Morgan fingerprint density at radius 1 is 1.73 bits per heavy atom. The average Bonchev–Trinajstić information content (AvgIpc) is 2.20. The molecule has 1 rings (SSSR count). The molecule has 0 radical (unpaired) electrons. The van der Waals surface area contributed by atoms with E-state index in [1.54, 1.807) is 11.8 Å². The fraction of sp³-hybridized carbons (Fsp3) is 0.375. The summed E-state index contributed by atoms with van der Waals surface area (Å²) >= 11 is 0. The van der Waals surface area contributed by atoms with E-state index >= 15 is 0 Å². The molecule has 0 aliphatic carbocycles. The summed E-state index contributed by atoms with van der Waals surface area (Å²) in [5, 5.41) is 0. The molecule has 3 N–H and O–H groups in total. The molecule has 1 heterocycles. The van der Waals surface area contributed by atoms with E-state index in [1.807, 2.05) is 6.92 Å². The molecule has 0 aliphatic rings. The Bertz CT molecular complexity index is 401. The van der Waals surface area contributed by atoms with E-state index in [9.17, 15) is 9.59 Å². The van der Waals surface area contributed by atoms with Crippen molar-refractivity contribution in [3.63, 3.8) is 0 Å². The number of nitrogens with one attached hydrogen (secondary N) is 1. The van der Waals surface area contributed by atoms with Crippen LogP contribution in [0.1, 0.15) is 12.0 Å². The minimum Gasteiger partial charge on any atom is -0.356 e. The first-order chi connectivity index (χ1) is 7.13. The van der Waals surface area contributed by atoms with Crippen molar-refractivity contribution in [2.45, 2.75) is 19.9 Å². The molecule has 1 aromatic rings. The van der Waals surface area contributed by atoms with Gasteiger partial charge in [0.15, 0.2) is 0 Å². The fourth-order valence-electron chi connectivity index (χ4n) is 1.05. The largest absolute Gasteiger partial charge is 0.356 e. The smallest absolute Gasteiger partial charge is 0.347 e. The third kappa shape index (κ3) is 3.49. The molecule has 0 aromatic carbocycles. The minimum atomic E-state index is -0.536. The number of nitrogens with two attached hydrogens (primary N) is 1. The highest BCUT2D eigenvalue weighted by atomic mass is 16.7. The number of hydrogen-bond donors (Lipinski definition) is 2. The molecule has 0 atom stereocenters. The van der Waals surface area contributed by atoms with Crippen LogP contribution in [0.5, 0.6) is 0 Å². The lowest BCUT2D eigenvalue weighted by Gasteiger charge is -2.04. The summed E-state index contributed by atoms with van der Waals surface area (Å²) in [5.41, 5.74) is 2.23. The number of nitrogens with zero attached hydrogens (tertiary/aromatic N) is 2. The zero-order valence-corrected chi connectivity index (χ0v) is 8.27. The Kier molecular flexibility index (Phi) is 3.95. The van der Waals surface area contributed by atoms with Crippen LogP contribution in [0.4, 0.5) is 0 Å². The lowest BCUT2D eigenvalue weighted by molar-refractivity contribution is -0.151. The van der Waals surface area contributed by atoms with Crippen molar-refractivity contribution in [2.75, 3.05) is 0 Å². The van der Waals surface area contributed by atoms with Crippen LogP contribution in [-0.4, -0.2) is 15.5 Å². The van der Waals surface area contributed by atoms with Crippen LogP contribution in [-0.2, 0) is 16.2 Å². The molecule has 0 saturated heterocycles. The predicted molar refractivity (Wildman–Crippen MR) is 51.3 cm³/mol. The van der Waals surface area contributed by atoms with E-state index < -0.39 is 11.7 Å². The van der Waals surface area contributed by atoms with Gasteiger partial charge in [-0.25, -0.2) is 15.6 Å². The molecular weight excluding hydrogens is 200 g/mol. The van der Waals surface area contributed by atoms with Crippen LogP contribution >= 0.6 is 0 Å². The van der Waals surface area contributed by atoms with Gasteiger partial charge < -0.3 is 4.84 Å². The number of rotatable bonds is 4. The summed E-state index contributed by atoms with van der Waals surface area (Å²) in [4.78, 5) is 30.0. The molecule has 1 aromatic heterocycles. The lowest BCUT2D eigenvalue weighted by atomic mass is 10.4. The quantitative estimate of drug-likeness (QED) is 0.483. The highest BCUT2D eigenvalue weighted by Crippen LogP contribution is 1.92. The molecular formula is C8H12N4O3. The number of carbonyl (C=O) groups excluding carboxylic acids is 1. The molecule has 0 saturated carbocycles. The van der Waals surface area contributed by atoms with E-state index in [0.29, 0.717) is 0 Å². The van der Waals surface area contributed by atoms with Crippen LogP contribution in [0.15, 0.2) is 17.2 Å². The molecule has 7 nitrogen and oxygen atoms in total. The highest BCUT2D eigenvalue weighted by Gasteiger charge is 2.04. The summed E-state index contributed by atoms with van der Waals surface area (Å²) in [6.45, 7) is 2.02. The third-order valence-corrected chi connectivity index (χ3v) is 1.71. The maximum absolute atomic E-state index is 11.2. The monoisotopic (exact) mass is 212 g/mol. The number of hydrazine groups is 1. The lowest BCUT2D eigenvalue weighted by Crippen LogP contribution is -2.28. The first-order valence-corrected chi connectivity index (χ1v) is 4.32. The normalized spacial score (nSPS) is 10.0. The zero-order chi connectivity index (χ0) is 11.3. The van der Waals surface area contributed by atoms with E-state index in [0.717, 1.165) is 5.56 Å². The molecule has 0 aliphatic heterocycles. The second kappa shape index (κ2) is 5.23. The van der Waals surface area contributed by atoms with Gasteiger partial charge in [0.1, 0.15) is 0 Å². The molecule has 0 unspecified atom stereocenters. The molecule has 0 bridgehead atoms. The summed E-state index contributed by atoms with van der Waals surface area (Å²) < 4.78 is 1.34. The van der Waals surface area contributed by atoms with Gasteiger partial charge in [-0.2, -0.15) is 0 Å². The molecule has 0 amide bonds. The summed E-state index contributed by atoms with van der Waals surface area (Å²) in [6, 6.07) is 0. The van der Waals surface area contributed by atoms with Crippen molar-refractivity contribution in [1.82, 2.24) is 15.1 Å². The van der Waals surface area contributed by atoms with Crippen LogP contribution in [0.2, 0.25) is 0 Å². The van der Waals surface area contributed by atoms with Crippen molar-refractivity contribution >= 4 is 5.97 Å². The Labute approximate surface area is 85.8 Å². The molecule has 82 valence electrons. The maximum Gasteiger partial charge on any atom is 0.347 e. The maximum atomic E-state index is 11.2. The standard InChI is InChI=1S/C8H12N4O3/c1-6-4-10-8(14)12(5-6)3-2-7(13)15-11-9/h4-5,11H,2-3,9H2,1H3. The van der Waals surface area contributed by atoms with Crippen molar-refractivity contribution in [1.29, 1.82) is 0 Å².